The Morgan fingerprint density at radius 3 is 2.86 bits per heavy atom. The van der Waals surface area contributed by atoms with Crippen LogP contribution in [0, 0.1) is 5.92 Å². The van der Waals surface area contributed by atoms with Crippen molar-refractivity contribution in [1.82, 2.24) is 20.2 Å². The largest absolute Gasteiger partial charge is 0.376 e. The van der Waals surface area contributed by atoms with E-state index in [0.717, 1.165) is 24.6 Å². The van der Waals surface area contributed by atoms with Crippen LogP contribution in [0.1, 0.15) is 26.7 Å². The van der Waals surface area contributed by atoms with Crippen molar-refractivity contribution < 1.29 is 14.3 Å². The van der Waals surface area contributed by atoms with Gasteiger partial charge in [-0.15, -0.1) is 0 Å². The number of nitrogens with one attached hydrogen (secondary N) is 2. The van der Waals surface area contributed by atoms with Gasteiger partial charge in [0.2, 0.25) is 5.91 Å². The van der Waals surface area contributed by atoms with E-state index in [9.17, 15) is 14.4 Å². The molecule has 0 radical (unpaired) electrons. The monoisotopic (exact) mass is 418 g/mol. The third kappa shape index (κ3) is 5.80. The lowest BCUT2D eigenvalue weighted by atomic mass is 10.2. The molecule has 29 heavy (non-hydrogen) atoms. The number of ether oxygens (including phenoxy) is 1. The first-order valence-corrected chi connectivity index (χ1v) is 10.7. The maximum absolute atomic E-state index is 13.0. The quantitative estimate of drug-likeness (QED) is 0.528. The highest BCUT2D eigenvalue weighted by Crippen LogP contribution is 2.20. The number of benzene rings is 1. The summed E-state index contributed by atoms with van der Waals surface area (Å²) in [4.78, 5) is 41.5. The van der Waals surface area contributed by atoms with Gasteiger partial charge in [0.05, 0.1) is 29.3 Å². The van der Waals surface area contributed by atoms with E-state index < -0.39 is 11.9 Å². The van der Waals surface area contributed by atoms with E-state index in [1.54, 1.807) is 22.8 Å². The molecule has 0 spiro atoms. The minimum atomic E-state index is -0.521. The Kier molecular flexibility index (Phi) is 7.27. The first kappa shape index (κ1) is 21.3. The molecule has 1 fully saturated rings. The number of nitrogens with zero attached hydrogens (tertiary/aromatic N) is 2. The van der Waals surface area contributed by atoms with E-state index in [1.165, 1.54) is 0 Å². The second kappa shape index (κ2) is 9.89. The fraction of sp³-hybridized carbons (Fsp3) is 0.500. The molecule has 2 N–H and O–H groups in total. The molecular formula is C20H26N4O4S. The smallest absolute Gasteiger partial charge is 0.321 e. The first-order chi connectivity index (χ1) is 13.9. The Bertz CT molecular complexity index is 938. The van der Waals surface area contributed by atoms with Crippen molar-refractivity contribution in [1.29, 1.82) is 0 Å². The van der Waals surface area contributed by atoms with Crippen molar-refractivity contribution in [2.45, 2.75) is 44.5 Å². The average Bonchev–Trinajstić information content (AvgIpc) is 3.20. The third-order valence-electron chi connectivity index (χ3n) is 4.49. The molecule has 1 saturated heterocycles. The summed E-state index contributed by atoms with van der Waals surface area (Å²) >= 11 is 1.14. The van der Waals surface area contributed by atoms with Crippen molar-refractivity contribution in [3.63, 3.8) is 0 Å². The molecule has 1 unspecified atom stereocenters. The molecule has 1 aromatic heterocycles. The summed E-state index contributed by atoms with van der Waals surface area (Å²) in [6.07, 6.45) is 1.82. The normalized spacial score (nSPS) is 16.3. The maximum atomic E-state index is 13.0. The molecule has 1 aliphatic heterocycles. The van der Waals surface area contributed by atoms with Gasteiger partial charge in [-0.2, -0.15) is 0 Å². The second-order valence-electron chi connectivity index (χ2n) is 7.40. The van der Waals surface area contributed by atoms with E-state index in [-0.39, 0.29) is 17.4 Å². The minimum absolute atomic E-state index is 0.0224. The fourth-order valence-electron chi connectivity index (χ4n) is 3.04. The molecule has 2 heterocycles. The van der Waals surface area contributed by atoms with Gasteiger partial charge in [0.1, 0.15) is 0 Å². The van der Waals surface area contributed by atoms with Crippen LogP contribution < -0.4 is 16.2 Å². The summed E-state index contributed by atoms with van der Waals surface area (Å²) in [5.41, 5.74) is 0.433. The van der Waals surface area contributed by atoms with Crippen molar-refractivity contribution in [2.24, 2.45) is 5.92 Å². The number of carbonyl (C=O) groups excluding carboxylic acids is 2. The zero-order valence-corrected chi connectivity index (χ0v) is 17.5. The summed E-state index contributed by atoms with van der Waals surface area (Å²) < 4.78 is 7.25. The predicted molar refractivity (Wildman–Crippen MR) is 112 cm³/mol. The van der Waals surface area contributed by atoms with Crippen LogP contribution in [0.4, 0.5) is 4.79 Å². The van der Waals surface area contributed by atoms with Gasteiger partial charge < -0.3 is 10.1 Å². The molecule has 1 aliphatic rings. The standard InChI is InChI=1S/C20H26N4O4S/c1-13(2)10-21-19(27)23-17(25)12-29-20-22-16-8-4-3-7-15(16)18(26)24(20)11-14-6-5-9-28-14/h3-4,7-8,13-14H,5-6,9-12H2,1-2H3,(H2,21,23,25,27). The summed E-state index contributed by atoms with van der Waals surface area (Å²) in [5.74, 6) is -0.174. The SMILES string of the molecule is CC(C)CNC(=O)NC(=O)CSc1nc2ccccc2c(=O)n1CC1CCCO1. The fourth-order valence-corrected chi connectivity index (χ4v) is 3.85. The van der Waals surface area contributed by atoms with Crippen molar-refractivity contribution in [2.75, 3.05) is 18.9 Å². The van der Waals surface area contributed by atoms with Crippen LogP contribution in [0.15, 0.2) is 34.2 Å². The number of carbonyl (C=O) groups is 2. The highest BCUT2D eigenvalue weighted by molar-refractivity contribution is 7.99. The summed E-state index contributed by atoms with van der Waals surface area (Å²) in [5, 5.41) is 5.92. The molecular weight excluding hydrogens is 392 g/mol. The molecule has 0 bridgehead atoms. The van der Waals surface area contributed by atoms with E-state index in [2.05, 4.69) is 15.6 Å². The van der Waals surface area contributed by atoms with Crippen LogP contribution in [-0.2, 0) is 16.1 Å². The number of rotatable bonds is 7. The molecule has 1 atom stereocenters. The van der Waals surface area contributed by atoms with Crippen molar-refractivity contribution in [3.8, 4) is 0 Å². The second-order valence-corrected chi connectivity index (χ2v) is 8.35. The van der Waals surface area contributed by atoms with Crippen LogP contribution >= 0.6 is 11.8 Å². The van der Waals surface area contributed by atoms with Gasteiger partial charge in [0.15, 0.2) is 5.16 Å². The van der Waals surface area contributed by atoms with Crippen molar-refractivity contribution >= 4 is 34.6 Å². The lowest BCUT2D eigenvalue weighted by molar-refractivity contribution is -0.117. The summed E-state index contributed by atoms with van der Waals surface area (Å²) in [7, 11) is 0. The number of amides is 3. The van der Waals surface area contributed by atoms with Crippen LogP contribution in [0.5, 0.6) is 0 Å². The number of hydrogen-bond acceptors (Lipinski definition) is 6. The van der Waals surface area contributed by atoms with Gasteiger partial charge in [-0.05, 0) is 30.9 Å². The number of urea groups is 1. The number of para-hydroxylation sites is 1. The zero-order chi connectivity index (χ0) is 20.8. The molecule has 0 saturated carbocycles. The number of fused-ring (bicyclic) bond motifs is 1. The summed E-state index contributed by atoms with van der Waals surface area (Å²) in [6, 6.07) is 6.62. The van der Waals surface area contributed by atoms with E-state index in [0.29, 0.717) is 41.7 Å². The number of imide groups is 1. The number of hydrogen-bond donors (Lipinski definition) is 2. The van der Waals surface area contributed by atoms with Gasteiger partial charge in [0.25, 0.3) is 5.56 Å². The van der Waals surface area contributed by atoms with Gasteiger partial charge in [-0.3, -0.25) is 19.5 Å². The molecule has 1 aromatic carbocycles. The molecule has 3 rings (SSSR count). The average molecular weight is 419 g/mol. The molecule has 3 amide bonds. The van der Waals surface area contributed by atoms with Crippen LogP contribution in [0.2, 0.25) is 0 Å². The number of aromatic nitrogens is 2. The Balaban J connectivity index is 1.74. The van der Waals surface area contributed by atoms with Crippen molar-refractivity contribution in [3.05, 3.63) is 34.6 Å². The zero-order valence-electron chi connectivity index (χ0n) is 16.6. The number of thioether (sulfide) groups is 1. The molecule has 9 heteroatoms. The molecule has 8 nitrogen and oxygen atoms in total. The van der Waals surface area contributed by atoms with Gasteiger partial charge in [-0.1, -0.05) is 37.7 Å². The van der Waals surface area contributed by atoms with Gasteiger partial charge in [0, 0.05) is 13.2 Å². The van der Waals surface area contributed by atoms with E-state index in [4.69, 9.17) is 4.74 Å². The summed E-state index contributed by atoms with van der Waals surface area (Å²) in [6.45, 7) is 5.51. The van der Waals surface area contributed by atoms with Crippen LogP contribution in [0.25, 0.3) is 10.9 Å². The van der Waals surface area contributed by atoms with E-state index >= 15 is 0 Å². The predicted octanol–water partition coefficient (Wildman–Crippen LogP) is 2.15. The van der Waals surface area contributed by atoms with Gasteiger partial charge >= 0.3 is 6.03 Å². The minimum Gasteiger partial charge on any atom is -0.376 e. The lowest BCUT2D eigenvalue weighted by Gasteiger charge is -2.16. The Morgan fingerprint density at radius 2 is 2.14 bits per heavy atom. The molecule has 0 aliphatic carbocycles. The molecule has 156 valence electrons. The highest BCUT2D eigenvalue weighted by atomic mass is 32.2. The Hall–Kier alpha value is -2.39. The highest BCUT2D eigenvalue weighted by Gasteiger charge is 2.21. The maximum Gasteiger partial charge on any atom is 0.321 e. The Morgan fingerprint density at radius 1 is 1.34 bits per heavy atom. The van der Waals surface area contributed by atoms with Crippen LogP contribution in [0.3, 0.4) is 0 Å². The Labute approximate surface area is 173 Å². The molecule has 2 aromatic rings. The first-order valence-electron chi connectivity index (χ1n) is 9.75. The topological polar surface area (TPSA) is 102 Å². The van der Waals surface area contributed by atoms with E-state index in [1.807, 2.05) is 19.9 Å². The van der Waals surface area contributed by atoms with Crippen LogP contribution in [-0.4, -0.2) is 46.5 Å². The van der Waals surface area contributed by atoms with Gasteiger partial charge in [-0.25, -0.2) is 9.78 Å². The lowest BCUT2D eigenvalue weighted by Crippen LogP contribution is -2.41. The third-order valence-corrected chi connectivity index (χ3v) is 5.47.